The lowest BCUT2D eigenvalue weighted by Gasteiger charge is -2.48. The van der Waals surface area contributed by atoms with Gasteiger partial charge in [-0.1, -0.05) is 12.1 Å². The maximum atomic E-state index is 13.2. The van der Waals surface area contributed by atoms with Crippen LogP contribution in [0.25, 0.3) is 0 Å². The fourth-order valence-corrected chi connectivity index (χ4v) is 5.60. The Bertz CT molecular complexity index is 636. The minimum absolute atomic E-state index is 0.0591. The van der Waals surface area contributed by atoms with Gasteiger partial charge in [-0.25, -0.2) is 4.39 Å². The number of nitrogens with zero attached hydrogens (tertiary/aromatic N) is 1. The SMILES string of the molecule is O=C(NCC1(N2CCOCC2)CCSCC1)C1(c2ccc(F)cc2)CC1. The standard InChI is InChI=1S/C20H27FN2O2S/c21-17-3-1-16(2-4-17)20(5-6-20)18(24)22-15-19(7-13-26-14-8-19)23-9-11-25-12-10-23/h1-4H,5-15H2,(H,22,24). The molecule has 3 aliphatic rings. The predicted molar refractivity (Wildman–Crippen MR) is 102 cm³/mol. The van der Waals surface area contributed by atoms with Gasteiger partial charge in [-0.05, 0) is 54.9 Å². The highest BCUT2D eigenvalue weighted by Gasteiger charge is 2.52. The maximum absolute atomic E-state index is 13.2. The fraction of sp³-hybridized carbons (Fsp3) is 0.650. The number of thioether (sulfide) groups is 1. The van der Waals surface area contributed by atoms with Crippen molar-refractivity contribution in [1.82, 2.24) is 10.2 Å². The largest absolute Gasteiger partial charge is 0.379 e. The summed E-state index contributed by atoms with van der Waals surface area (Å²) in [6.45, 7) is 4.16. The van der Waals surface area contributed by atoms with Crippen molar-refractivity contribution in [3.8, 4) is 0 Å². The summed E-state index contributed by atoms with van der Waals surface area (Å²) in [4.78, 5) is 15.6. The van der Waals surface area contributed by atoms with Gasteiger partial charge in [-0.2, -0.15) is 11.8 Å². The summed E-state index contributed by atoms with van der Waals surface area (Å²) in [6.07, 6.45) is 3.93. The molecule has 2 heterocycles. The Hall–Kier alpha value is -1.11. The number of carbonyl (C=O) groups is 1. The second kappa shape index (κ2) is 7.49. The Labute approximate surface area is 158 Å². The first kappa shape index (κ1) is 18.3. The van der Waals surface area contributed by atoms with Gasteiger partial charge in [-0.3, -0.25) is 9.69 Å². The van der Waals surface area contributed by atoms with Crippen molar-refractivity contribution in [2.45, 2.75) is 36.6 Å². The van der Waals surface area contributed by atoms with E-state index in [0.29, 0.717) is 6.54 Å². The van der Waals surface area contributed by atoms with Gasteiger partial charge in [0, 0.05) is 25.2 Å². The van der Waals surface area contributed by atoms with Crippen molar-refractivity contribution >= 4 is 17.7 Å². The van der Waals surface area contributed by atoms with Crippen LogP contribution in [0.2, 0.25) is 0 Å². The van der Waals surface area contributed by atoms with E-state index in [2.05, 4.69) is 10.2 Å². The first-order valence-corrected chi connectivity index (χ1v) is 10.8. The number of nitrogens with one attached hydrogen (secondary N) is 1. The number of hydrogen-bond acceptors (Lipinski definition) is 4. The minimum atomic E-state index is -0.441. The summed E-state index contributed by atoms with van der Waals surface area (Å²) >= 11 is 2.01. The molecule has 1 aliphatic carbocycles. The number of ether oxygens (including phenoxy) is 1. The number of halogens is 1. The van der Waals surface area contributed by atoms with E-state index >= 15 is 0 Å². The lowest BCUT2D eigenvalue weighted by molar-refractivity contribution is -0.124. The third-order valence-corrected chi connectivity index (χ3v) is 7.25. The maximum Gasteiger partial charge on any atom is 0.230 e. The van der Waals surface area contributed by atoms with Crippen molar-refractivity contribution in [2.75, 3.05) is 44.4 Å². The van der Waals surface area contributed by atoms with Crippen molar-refractivity contribution in [3.05, 3.63) is 35.6 Å². The first-order valence-electron chi connectivity index (χ1n) is 9.60. The summed E-state index contributed by atoms with van der Waals surface area (Å²) in [7, 11) is 0. The molecule has 0 atom stereocenters. The molecule has 0 bridgehead atoms. The van der Waals surface area contributed by atoms with Crippen LogP contribution in [0.5, 0.6) is 0 Å². The number of morpholine rings is 1. The molecule has 142 valence electrons. The van der Waals surface area contributed by atoms with Crippen LogP contribution in [0.4, 0.5) is 4.39 Å². The average Bonchev–Trinajstić information content (AvgIpc) is 3.50. The van der Waals surface area contributed by atoms with E-state index in [1.165, 1.54) is 12.1 Å². The summed E-state index contributed by atoms with van der Waals surface area (Å²) in [6, 6.07) is 6.43. The number of hydrogen-bond donors (Lipinski definition) is 1. The average molecular weight is 379 g/mol. The van der Waals surface area contributed by atoms with Crippen molar-refractivity contribution in [3.63, 3.8) is 0 Å². The summed E-state index contributed by atoms with van der Waals surface area (Å²) in [5, 5.41) is 3.28. The molecule has 0 unspecified atom stereocenters. The molecule has 1 amide bonds. The molecule has 2 aliphatic heterocycles. The van der Waals surface area contributed by atoms with Crippen LogP contribution < -0.4 is 5.32 Å². The molecule has 4 rings (SSSR count). The molecule has 1 aromatic rings. The van der Waals surface area contributed by atoms with Crippen molar-refractivity contribution in [1.29, 1.82) is 0 Å². The number of amides is 1. The van der Waals surface area contributed by atoms with Gasteiger partial charge in [0.25, 0.3) is 0 Å². The van der Waals surface area contributed by atoms with Crippen LogP contribution in [0.3, 0.4) is 0 Å². The molecule has 26 heavy (non-hydrogen) atoms. The summed E-state index contributed by atoms with van der Waals surface area (Å²) in [5.74, 6) is 2.15. The third kappa shape index (κ3) is 3.51. The molecular weight excluding hydrogens is 351 g/mol. The van der Waals surface area contributed by atoms with Gasteiger partial charge < -0.3 is 10.1 Å². The predicted octanol–water partition coefficient (Wildman–Crippen LogP) is 2.57. The Morgan fingerprint density at radius 2 is 1.77 bits per heavy atom. The lowest BCUT2D eigenvalue weighted by Crippen LogP contribution is -2.61. The minimum Gasteiger partial charge on any atom is -0.379 e. The Balaban J connectivity index is 1.45. The second-order valence-corrected chi connectivity index (χ2v) is 8.93. The molecule has 0 spiro atoms. The molecule has 4 nitrogen and oxygen atoms in total. The fourth-order valence-electron chi connectivity index (χ4n) is 4.35. The van der Waals surface area contributed by atoms with E-state index < -0.39 is 5.41 Å². The molecule has 1 N–H and O–H groups in total. The van der Waals surface area contributed by atoms with Crippen molar-refractivity contribution in [2.24, 2.45) is 0 Å². The topological polar surface area (TPSA) is 41.6 Å². The zero-order valence-electron chi connectivity index (χ0n) is 15.1. The Kier molecular flexibility index (Phi) is 5.26. The molecular formula is C20H27FN2O2S. The van der Waals surface area contributed by atoms with Gasteiger partial charge in [0.2, 0.25) is 5.91 Å². The van der Waals surface area contributed by atoms with E-state index in [-0.39, 0.29) is 17.3 Å². The highest BCUT2D eigenvalue weighted by molar-refractivity contribution is 7.99. The van der Waals surface area contributed by atoms with Gasteiger partial charge in [-0.15, -0.1) is 0 Å². The highest BCUT2D eigenvalue weighted by Crippen LogP contribution is 2.48. The third-order valence-electron chi connectivity index (χ3n) is 6.26. The lowest BCUT2D eigenvalue weighted by atomic mass is 9.88. The van der Waals surface area contributed by atoms with Crippen LogP contribution >= 0.6 is 11.8 Å². The van der Waals surface area contributed by atoms with E-state index in [0.717, 1.165) is 69.1 Å². The highest BCUT2D eigenvalue weighted by atomic mass is 32.2. The van der Waals surface area contributed by atoms with Crippen LogP contribution in [-0.2, 0) is 14.9 Å². The Morgan fingerprint density at radius 1 is 1.12 bits per heavy atom. The normalized spacial score (nSPS) is 24.8. The van der Waals surface area contributed by atoms with E-state index in [9.17, 15) is 9.18 Å². The zero-order chi connectivity index (χ0) is 18.0. The monoisotopic (exact) mass is 378 g/mol. The van der Waals surface area contributed by atoms with E-state index in [1.807, 2.05) is 11.8 Å². The Morgan fingerprint density at radius 3 is 2.38 bits per heavy atom. The van der Waals surface area contributed by atoms with E-state index in [1.54, 1.807) is 12.1 Å². The van der Waals surface area contributed by atoms with Crippen molar-refractivity contribution < 1.29 is 13.9 Å². The molecule has 0 aromatic heterocycles. The molecule has 1 aromatic carbocycles. The molecule has 1 saturated carbocycles. The van der Waals surface area contributed by atoms with Gasteiger partial charge >= 0.3 is 0 Å². The van der Waals surface area contributed by atoms with Crippen LogP contribution in [-0.4, -0.2) is 60.7 Å². The van der Waals surface area contributed by atoms with Crippen LogP contribution in [0.1, 0.15) is 31.2 Å². The second-order valence-electron chi connectivity index (χ2n) is 7.71. The molecule has 6 heteroatoms. The summed E-state index contributed by atoms with van der Waals surface area (Å²) < 4.78 is 18.8. The summed E-state index contributed by atoms with van der Waals surface area (Å²) in [5.41, 5.74) is 0.559. The zero-order valence-corrected chi connectivity index (χ0v) is 16.0. The number of rotatable bonds is 5. The first-order chi connectivity index (χ1) is 12.6. The van der Waals surface area contributed by atoms with Gasteiger partial charge in [0.1, 0.15) is 5.82 Å². The number of benzene rings is 1. The molecule has 3 fully saturated rings. The number of carbonyl (C=O) groups excluding carboxylic acids is 1. The quantitative estimate of drug-likeness (QED) is 0.855. The van der Waals surface area contributed by atoms with Gasteiger partial charge in [0.05, 0.1) is 18.6 Å². The van der Waals surface area contributed by atoms with Crippen LogP contribution in [0.15, 0.2) is 24.3 Å². The van der Waals surface area contributed by atoms with Crippen LogP contribution in [0, 0.1) is 5.82 Å². The van der Waals surface area contributed by atoms with E-state index in [4.69, 9.17) is 4.74 Å². The molecule has 2 saturated heterocycles. The van der Waals surface area contributed by atoms with Gasteiger partial charge in [0.15, 0.2) is 0 Å². The smallest absolute Gasteiger partial charge is 0.230 e. The molecule has 0 radical (unpaired) electrons.